The second-order valence-corrected chi connectivity index (χ2v) is 6.48. The Labute approximate surface area is 149 Å². The van der Waals surface area contributed by atoms with Crippen LogP contribution in [0.15, 0.2) is 35.9 Å². The van der Waals surface area contributed by atoms with Gasteiger partial charge in [-0.1, -0.05) is 29.8 Å². The highest BCUT2D eigenvalue weighted by Gasteiger charge is 2.13. The summed E-state index contributed by atoms with van der Waals surface area (Å²) >= 11 is 0. The molecule has 136 valence electrons. The van der Waals surface area contributed by atoms with Gasteiger partial charge in [-0.3, -0.25) is 9.59 Å². The molecular formula is C20H27FN2O2. The Hall–Kier alpha value is -2.17. The van der Waals surface area contributed by atoms with Gasteiger partial charge in [0.25, 0.3) is 0 Å². The molecule has 0 aliphatic heterocycles. The highest BCUT2D eigenvalue weighted by atomic mass is 19.1. The molecule has 2 rings (SSSR count). The minimum absolute atomic E-state index is 0.0155. The maximum atomic E-state index is 13.5. The SMILES string of the molecule is CC(=O)N(CCC(=O)NCc1ccccc1F)CCC1=CCCCC1. The minimum Gasteiger partial charge on any atom is -0.352 e. The number of carbonyl (C=O) groups excluding carboxylic acids is 2. The normalized spacial score (nSPS) is 13.9. The first-order chi connectivity index (χ1) is 12.1. The highest BCUT2D eigenvalue weighted by Crippen LogP contribution is 2.20. The number of rotatable bonds is 8. The summed E-state index contributed by atoms with van der Waals surface area (Å²) in [6, 6.07) is 6.38. The Bertz CT molecular complexity index is 628. The van der Waals surface area contributed by atoms with Gasteiger partial charge in [0.15, 0.2) is 0 Å². The number of benzene rings is 1. The Morgan fingerprint density at radius 1 is 1.20 bits per heavy atom. The quantitative estimate of drug-likeness (QED) is 0.732. The largest absolute Gasteiger partial charge is 0.352 e. The zero-order chi connectivity index (χ0) is 18.1. The molecule has 0 unspecified atom stereocenters. The Balaban J connectivity index is 1.74. The molecule has 0 heterocycles. The van der Waals surface area contributed by atoms with Crippen LogP contribution in [0.1, 0.15) is 51.0 Å². The maximum Gasteiger partial charge on any atom is 0.222 e. The van der Waals surface area contributed by atoms with Crippen molar-refractivity contribution in [3.8, 4) is 0 Å². The van der Waals surface area contributed by atoms with Crippen LogP contribution in [0.4, 0.5) is 4.39 Å². The highest BCUT2D eigenvalue weighted by molar-refractivity contribution is 5.78. The Kier molecular flexibility index (Phi) is 7.64. The molecule has 4 nitrogen and oxygen atoms in total. The smallest absolute Gasteiger partial charge is 0.222 e. The van der Waals surface area contributed by atoms with Crippen molar-refractivity contribution in [2.45, 2.75) is 52.0 Å². The van der Waals surface area contributed by atoms with Crippen LogP contribution >= 0.6 is 0 Å². The van der Waals surface area contributed by atoms with E-state index in [0.717, 1.165) is 19.3 Å². The summed E-state index contributed by atoms with van der Waals surface area (Å²) in [6.45, 7) is 2.75. The lowest BCUT2D eigenvalue weighted by Gasteiger charge is -2.22. The van der Waals surface area contributed by atoms with Crippen molar-refractivity contribution in [3.63, 3.8) is 0 Å². The summed E-state index contributed by atoms with van der Waals surface area (Å²) in [6.07, 6.45) is 8.13. The summed E-state index contributed by atoms with van der Waals surface area (Å²) in [5.41, 5.74) is 1.88. The Morgan fingerprint density at radius 3 is 2.68 bits per heavy atom. The van der Waals surface area contributed by atoms with E-state index < -0.39 is 0 Å². The average molecular weight is 346 g/mol. The molecule has 0 spiro atoms. The van der Waals surface area contributed by atoms with Gasteiger partial charge >= 0.3 is 0 Å². The van der Waals surface area contributed by atoms with Crippen LogP contribution in [0.3, 0.4) is 0 Å². The number of hydrogen-bond acceptors (Lipinski definition) is 2. The molecule has 0 saturated carbocycles. The number of hydrogen-bond donors (Lipinski definition) is 1. The summed E-state index contributed by atoms with van der Waals surface area (Å²) in [4.78, 5) is 25.5. The second kappa shape index (κ2) is 9.97. The number of nitrogens with one attached hydrogen (secondary N) is 1. The number of amides is 2. The van der Waals surface area contributed by atoms with E-state index in [1.165, 1.54) is 31.4 Å². The molecule has 0 radical (unpaired) electrons. The summed E-state index contributed by atoms with van der Waals surface area (Å²) in [7, 11) is 0. The third kappa shape index (κ3) is 6.69. The van der Waals surface area contributed by atoms with Gasteiger partial charge in [0, 0.05) is 38.5 Å². The predicted molar refractivity (Wildman–Crippen MR) is 96.3 cm³/mol. The van der Waals surface area contributed by atoms with E-state index in [0.29, 0.717) is 18.7 Å². The monoisotopic (exact) mass is 346 g/mol. The van der Waals surface area contributed by atoms with Crippen molar-refractivity contribution >= 4 is 11.8 Å². The topological polar surface area (TPSA) is 49.4 Å². The third-order valence-electron chi connectivity index (χ3n) is 4.58. The molecule has 25 heavy (non-hydrogen) atoms. The third-order valence-corrected chi connectivity index (χ3v) is 4.58. The van der Waals surface area contributed by atoms with Crippen LogP contribution in [-0.2, 0) is 16.1 Å². The van der Waals surface area contributed by atoms with Gasteiger partial charge < -0.3 is 10.2 Å². The molecule has 0 saturated heterocycles. The van der Waals surface area contributed by atoms with Crippen molar-refractivity contribution in [1.82, 2.24) is 10.2 Å². The van der Waals surface area contributed by atoms with E-state index >= 15 is 0 Å². The predicted octanol–water partition coefficient (Wildman–Crippen LogP) is 3.57. The van der Waals surface area contributed by atoms with Crippen molar-refractivity contribution in [2.24, 2.45) is 0 Å². The molecule has 1 aromatic carbocycles. The number of carbonyl (C=O) groups is 2. The lowest BCUT2D eigenvalue weighted by atomic mass is 9.97. The fourth-order valence-electron chi connectivity index (χ4n) is 3.00. The van der Waals surface area contributed by atoms with Crippen LogP contribution in [0.25, 0.3) is 0 Å². The molecule has 1 aliphatic rings. The molecule has 1 N–H and O–H groups in total. The van der Waals surface area contributed by atoms with Crippen LogP contribution in [-0.4, -0.2) is 29.8 Å². The average Bonchev–Trinajstić information content (AvgIpc) is 2.61. The van der Waals surface area contributed by atoms with Gasteiger partial charge in [-0.25, -0.2) is 4.39 Å². The number of nitrogens with zero attached hydrogens (tertiary/aromatic N) is 1. The first kappa shape index (κ1) is 19.2. The van der Waals surface area contributed by atoms with Gasteiger partial charge in [0.05, 0.1) is 0 Å². The van der Waals surface area contributed by atoms with Crippen LogP contribution < -0.4 is 5.32 Å². The summed E-state index contributed by atoms with van der Waals surface area (Å²) < 4.78 is 13.5. The van der Waals surface area contributed by atoms with Gasteiger partial charge in [-0.2, -0.15) is 0 Å². The van der Waals surface area contributed by atoms with Gasteiger partial charge in [0.1, 0.15) is 5.82 Å². The molecule has 0 fully saturated rings. The lowest BCUT2D eigenvalue weighted by molar-refractivity contribution is -0.129. The molecule has 0 aromatic heterocycles. The van der Waals surface area contributed by atoms with Crippen molar-refractivity contribution in [2.75, 3.05) is 13.1 Å². The van der Waals surface area contributed by atoms with Crippen molar-refractivity contribution in [1.29, 1.82) is 0 Å². The zero-order valence-corrected chi connectivity index (χ0v) is 14.9. The molecular weight excluding hydrogens is 319 g/mol. The first-order valence-corrected chi connectivity index (χ1v) is 9.00. The number of halogens is 1. The van der Waals surface area contributed by atoms with Gasteiger partial charge in [-0.15, -0.1) is 0 Å². The molecule has 2 amide bonds. The fraction of sp³-hybridized carbons (Fsp3) is 0.500. The first-order valence-electron chi connectivity index (χ1n) is 9.00. The van der Waals surface area contributed by atoms with Crippen LogP contribution in [0.5, 0.6) is 0 Å². The Morgan fingerprint density at radius 2 is 2.00 bits per heavy atom. The van der Waals surface area contributed by atoms with E-state index in [2.05, 4.69) is 11.4 Å². The second-order valence-electron chi connectivity index (χ2n) is 6.48. The van der Waals surface area contributed by atoms with Crippen LogP contribution in [0, 0.1) is 5.82 Å². The standard InChI is InChI=1S/C20H27FN2O2/c1-16(24)23(13-11-17-7-3-2-4-8-17)14-12-20(25)22-15-18-9-5-6-10-19(18)21/h5-7,9-10H,2-4,8,11-15H2,1H3,(H,22,25). The molecule has 0 bridgehead atoms. The van der Waals surface area contributed by atoms with Crippen molar-refractivity contribution in [3.05, 3.63) is 47.3 Å². The summed E-state index contributed by atoms with van der Waals surface area (Å²) in [5.74, 6) is -0.515. The van der Waals surface area contributed by atoms with Crippen molar-refractivity contribution < 1.29 is 14.0 Å². The fourth-order valence-corrected chi connectivity index (χ4v) is 3.00. The van der Waals surface area contributed by atoms with Crippen LogP contribution in [0.2, 0.25) is 0 Å². The summed E-state index contributed by atoms with van der Waals surface area (Å²) in [5, 5.41) is 2.71. The van der Waals surface area contributed by atoms with E-state index in [1.807, 2.05) is 0 Å². The molecule has 1 aliphatic carbocycles. The molecule has 5 heteroatoms. The maximum absolute atomic E-state index is 13.5. The van der Waals surface area contributed by atoms with Gasteiger partial charge in [-0.05, 0) is 38.2 Å². The molecule has 0 atom stereocenters. The van der Waals surface area contributed by atoms with E-state index in [9.17, 15) is 14.0 Å². The van der Waals surface area contributed by atoms with E-state index in [1.54, 1.807) is 23.1 Å². The lowest BCUT2D eigenvalue weighted by Crippen LogP contribution is -2.34. The van der Waals surface area contributed by atoms with Gasteiger partial charge in [0.2, 0.25) is 11.8 Å². The van der Waals surface area contributed by atoms with E-state index in [4.69, 9.17) is 0 Å². The zero-order valence-electron chi connectivity index (χ0n) is 14.9. The van der Waals surface area contributed by atoms with E-state index in [-0.39, 0.29) is 30.6 Å². The minimum atomic E-state index is -0.325. The number of allylic oxidation sites excluding steroid dienone is 1. The molecule has 1 aromatic rings.